The molecule has 0 aliphatic carbocycles. The fourth-order valence-electron chi connectivity index (χ4n) is 4.01. The van der Waals surface area contributed by atoms with Crippen LogP contribution in [0.25, 0.3) is 0 Å². The molecule has 164 valence electrons. The van der Waals surface area contributed by atoms with Crippen LogP contribution in [0.1, 0.15) is 30.4 Å². The molecule has 0 bridgehead atoms. The Morgan fingerprint density at radius 3 is 2.43 bits per heavy atom. The molecule has 2 atom stereocenters. The lowest BCUT2D eigenvalue weighted by Gasteiger charge is -2.39. The number of nitrogens with zero attached hydrogens (tertiary/aromatic N) is 2. The number of halogens is 1. The maximum Gasteiger partial charge on any atom is 0.229 e. The zero-order valence-corrected chi connectivity index (χ0v) is 20.9. The highest BCUT2D eigenvalue weighted by Gasteiger charge is 2.28. The normalized spacial score (nSPS) is 19.7. The third-order valence-corrected chi connectivity index (χ3v) is 5.98. The van der Waals surface area contributed by atoms with Crippen molar-refractivity contribution < 1.29 is 8.42 Å². The summed E-state index contributed by atoms with van der Waals surface area (Å²) in [6.45, 7) is 4.66. The Labute approximate surface area is 197 Å². The van der Waals surface area contributed by atoms with E-state index in [2.05, 4.69) is 57.2 Å². The summed E-state index contributed by atoms with van der Waals surface area (Å²) in [6.07, 6.45) is 2.24. The minimum atomic E-state index is -3.32. The quantitative estimate of drug-likeness (QED) is 0.342. The topological polar surface area (TPSA) is 73.8 Å². The fourth-order valence-corrected chi connectivity index (χ4v) is 4.61. The molecule has 6 nitrogen and oxygen atoms in total. The molecule has 3 rings (SSSR count). The van der Waals surface area contributed by atoms with Gasteiger partial charge in [0.25, 0.3) is 0 Å². The summed E-state index contributed by atoms with van der Waals surface area (Å²) in [6, 6.07) is 18.1. The van der Waals surface area contributed by atoms with Crippen molar-refractivity contribution in [2.45, 2.75) is 25.8 Å². The van der Waals surface area contributed by atoms with Crippen molar-refractivity contribution >= 4 is 45.6 Å². The Balaban J connectivity index is 0.00000320. The van der Waals surface area contributed by atoms with Gasteiger partial charge in [-0.05, 0) is 35.4 Å². The molecule has 2 N–H and O–H groups in total. The van der Waals surface area contributed by atoms with Crippen LogP contribution in [0.3, 0.4) is 0 Å². The van der Waals surface area contributed by atoms with E-state index in [0.717, 1.165) is 37.3 Å². The molecule has 8 heteroatoms. The van der Waals surface area contributed by atoms with Crippen molar-refractivity contribution in [3.63, 3.8) is 0 Å². The van der Waals surface area contributed by atoms with Gasteiger partial charge in [0.05, 0.1) is 11.9 Å². The molecule has 1 aliphatic rings. The predicted molar refractivity (Wildman–Crippen MR) is 135 cm³/mol. The monoisotopic (exact) mass is 542 g/mol. The summed E-state index contributed by atoms with van der Waals surface area (Å²) in [7, 11) is -1.53. The summed E-state index contributed by atoms with van der Waals surface area (Å²) in [5, 5.41) is 3.40. The van der Waals surface area contributed by atoms with Gasteiger partial charge < -0.3 is 10.2 Å². The molecule has 2 aromatic rings. The van der Waals surface area contributed by atoms with Gasteiger partial charge in [-0.15, -0.1) is 24.0 Å². The zero-order chi connectivity index (χ0) is 20.9. The number of benzene rings is 2. The Morgan fingerprint density at radius 2 is 1.80 bits per heavy atom. The molecule has 0 radical (unpaired) electrons. The number of para-hydroxylation sites is 1. The number of hydrogen-bond acceptors (Lipinski definition) is 3. The van der Waals surface area contributed by atoms with E-state index in [1.807, 2.05) is 18.2 Å². The van der Waals surface area contributed by atoms with E-state index in [-0.39, 0.29) is 24.0 Å². The van der Waals surface area contributed by atoms with Crippen molar-refractivity contribution in [3.8, 4) is 0 Å². The van der Waals surface area contributed by atoms with Crippen LogP contribution in [-0.2, 0) is 16.6 Å². The van der Waals surface area contributed by atoms with Crippen LogP contribution < -0.4 is 10.0 Å². The molecule has 30 heavy (non-hydrogen) atoms. The van der Waals surface area contributed by atoms with Crippen LogP contribution in [0.4, 0.5) is 5.69 Å². The summed E-state index contributed by atoms with van der Waals surface area (Å²) in [5.74, 6) is 1.92. The third-order valence-electron chi connectivity index (χ3n) is 5.39. The number of anilines is 1. The lowest BCUT2D eigenvalue weighted by Crippen LogP contribution is -2.47. The molecular weight excluding hydrogens is 511 g/mol. The number of guanidine groups is 1. The Hall–Kier alpha value is -1.81. The molecule has 1 aliphatic heterocycles. The van der Waals surface area contributed by atoms with Crippen molar-refractivity contribution in [2.24, 2.45) is 10.9 Å². The van der Waals surface area contributed by atoms with Crippen molar-refractivity contribution in [1.82, 2.24) is 10.2 Å². The number of nitrogens with one attached hydrogen (secondary N) is 2. The van der Waals surface area contributed by atoms with E-state index in [4.69, 9.17) is 0 Å². The van der Waals surface area contributed by atoms with Gasteiger partial charge in [-0.1, -0.05) is 55.5 Å². The second-order valence-electron chi connectivity index (χ2n) is 7.66. The van der Waals surface area contributed by atoms with E-state index >= 15 is 0 Å². The number of sulfonamides is 1. The molecule has 2 aromatic carbocycles. The second kappa shape index (κ2) is 11.0. The molecule has 0 spiro atoms. The van der Waals surface area contributed by atoms with Gasteiger partial charge in [0.2, 0.25) is 10.0 Å². The van der Waals surface area contributed by atoms with E-state index in [9.17, 15) is 8.42 Å². The number of piperidine rings is 1. The molecule has 0 aromatic heterocycles. The number of rotatable bonds is 5. The van der Waals surface area contributed by atoms with Crippen LogP contribution >= 0.6 is 24.0 Å². The Kier molecular flexibility index (Phi) is 8.96. The highest BCUT2D eigenvalue weighted by molar-refractivity contribution is 14.0. The Bertz CT molecular complexity index is 951. The largest absolute Gasteiger partial charge is 0.352 e. The highest BCUT2D eigenvalue weighted by Crippen LogP contribution is 2.32. The second-order valence-corrected chi connectivity index (χ2v) is 9.41. The molecule has 0 saturated carbocycles. The van der Waals surface area contributed by atoms with Crippen molar-refractivity contribution in [2.75, 3.05) is 31.1 Å². The first-order valence-electron chi connectivity index (χ1n) is 9.93. The van der Waals surface area contributed by atoms with E-state index in [1.165, 1.54) is 5.56 Å². The average molecular weight is 542 g/mol. The third kappa shape index (κ3) is 6.60. The fraction of sp³-hybridized carbons (Fsp3) is 0.409. The van der Waals surface area contributed by atoms with Gasteiger partial charge in [0.15, 0.2) is 5.96 Å². The maximum absolute atomic E-state index is 11.6. The minimum absolute atomic E-state index is 0. The lowest BCUT2D eigenvalue weighted by molar-refractivity contribution is 0.234. The van der Waals surface area contributed by atoms with Crippen LogP contribution in [-0.4, -0.2) is 45.7 Å². The van der Waals surface area contributed by atoms with E-state index in [1.54, 1.807) is 13.1 Å². The van der Waals surface area contributed by atoms with Crippen LogP contribution in [0, 0.1) is 5.92 Å². The molecule has 0 amide bonds. The van der Waals surface area contributed by atoms with E-state index < -0.39 is 10.0 Å². The standard InChI is InChI=1S/C22H30N4O2S.HI/c1-17-16-26(14-13-20(17)18-9-5-4-6-10-18)22(23-2)24-15-19-11-7-8-12-21(19)25-29(3,27)28;/h4-12,17,20,25H,13-16H2,1-3H3,(H,23,24);1H. The summed E-state index contributed by atoms with van der Waals surface area (Å²) >= 11 is 0. The first-order chi connectivity index (χ1) is 13.9. The lowest BCUT2D eigenvalue weighted by atomic mass is 9.82. The predicted octanol–water partition coefficient (Wildman–Crippen LogP) is 3.88. The summed E-state index contributed by atoms with van der Waals surface area (Å²) in [4.78, 5) is 6.74. The maximum atomic E-state index is 11.6. The summed E-state index contributed by atoms with van der Waals surface area (Å²) < 4.78 is 25.8. The zero-order valence-electron chi connectivity index (χ0n) is 17.7. The molecular formula is C22H31IN4O2S. The SMILES string of the molecule is CN=C(NCc1ccccc1NS(C)(=O)=O)N1CCC(c2ccccc2)C(C)C1.I. The van der Waals surface area contributed by atoms with E-state index in [0.29, 0.717) is 24.1 Å². The van der Waals surface area contributed by atoms with Crippen LogP contribution in [0.5, 0.6) is 0 Å². The first kappa shape index (κ1) is 24.5. The highest BCUT2D eigenvalue weighted by atomic mass is 127. The first-order valence-corrected chi connectivity index (χ1v) is 11.8. The van der Waals surface area contributed by atoms with Crippen molar-refractivity contribution in [1.29, 1.82) is 0 Å². The van der Waals surface area contributed by atoms with Gasteiger partial charge in [-0.3, -0.25) is 9.71 Å². The minimum Gasteiger partial charge on any atom is -0.352 e. The van der Waals surface area contributed by atoms with Gasteiger partial charge in [-0.2, -0.15) is 0 Å². The van der Waals surface area contributed by atoms with Crippen molar-refractivity contribution in [3.05, 3.63) is 65.7 Å². The van der Waals surface area contributed by atoms with Gasteiger partial charge in [0.1, 0.15) is 0 Å². The van der Waals surface area contributed by atoms with Gasteiger partial charge in [0, 0.05) is 26.7 Å². The number of likely N-dealkylation sites (tertiary alicyclic amines) is 1. The van der Waals surface area contributed by atoms with Crippen LogP contribution in [0.2, 0.25) is 0 Å². The summed E-state index contributed by atoms with van der Waals surface area (Å²) in [5.41, 5.74) is 2.88. The smallest absolute Gasteiger partial charge is 0.229 e. The van der Waals surface area contributed by atoms with Crippen LogP contribution in [0.15, 0.2) is 59.6 Å². The van der Waals surface area contributed by atoms with Gasteiger partial charge >= 0.3 is 0 Å². The molecule has 2 unspecified atom stereocenters. The Morgan fingerprint density at radius 1 is 1.13 bits per heavy atom. The number of aliphatic imine (C=N–C) groups is 1. The van der Waals surface area contributed by atoms with Gasteiger partial charge in [-0.25, -0.2) is 8.42 Å². The number of hydrogen-bond donors (Lipinski definition) is 2. The average Bonchev–Trinajstić information content (AvgIpc) is 2.69. The molecule has 1 fully saturated rings. The molecule has 1 saturated heterocycles. The molecule has 1 heterocycles.